The molecule has 0 heterocycles. The van der Waals surface area contributed by atoms with Gasteiger partial charge in [-0.15, -0.1) is 0 Å². The summed E-state index contributed by atoms with van der Waals surface area (Å²) in [6, 6.07) is 7.35. The number of aliphatic imine (C=N–C) groups is 1. The summed E-state index contributed by atoms with van der Waals surface area (Å²) in [6.07, 6.45) is 3.18. The average Bonchev–Trinajstić information content (AvgIpc) is 2.64. The molecule has 7 nitrogen and oxygen atoms in total. The number of hydrogen-bond donors (Lipinski definition) is 3. The summed E-state index contributed by atoms with van der Waals surface area (Å²) in [6.45, 7) is 9.91. The van der Waals surface area contributed by atoms with E-state index in [2.05, 4.69) is 27.9 Å². The molecule has 0 radical (unpaired) electrons. The topological polar surface area (TPSA) is 84.0 Å². The van der Waals surface area contributed by atoms with Crippen molar-refractivity contribution in [2.24, 2.45) is 4.99 Å². The third-order valence-corrected chi connectivity index (χ3v) is 3.52. The highest BCUT2D eigenvalue weighted by atomic mass is 16.5. The van der Waals surface area contributed by atoms with Crippen LogP contribution in [0, 0.1) is 0 Å². The molecular weight excluding hydrogens is 344 g/mol. The third-order valence-electron chi connectivity index (χ3n) is 3.52. The molecule has 1 amide bonds. The number of rotatable bonds is 13. The van der Waals surface area contributed by atoms with Crippen molar-refractivity contribution in [1.29, 1.82) is 0 Å². The molecule has 0 fully saturated rings. The van der Waals surface area contributed by atoms with Crippen LogP contribution in [0.1, 0.15) is 40.0 Å². The molecule has 1 aromatic rings. The van der Waals surface area contributed by atoms with Crippen LogP contribution in [0.15, 0.2) is 29.3 Å². The van der Waals surface area contributed by atoms with E-state index < -0.39 is 0 Å². The smallest absolute Gasteiger partial charge is 0.221 e. The number of carbonyl (C=O) groups is 1. The number of nitrogens with zero attached hydrogens (tertiary/aromatic N) is 1. The molecule has 0 atom stereocenters. The van der Waals surface area contributed by atoms with Crippen LogP contribution in [0.25, 0.3) is 0 Å². The minimum atomic E-state index is -0.101. The Morgan fingerprint density at radius 3 is 2.67 bits per heavy atom. The number of unbranched alkanes of at least 4 members (excludes halogenated alkanes) is 1. The number of amides is 1. The van der Waals surface area contributed by atoms with Gasteiger partial charge in [0.25, 0.3) is 0 Å². The van der Waals surface area contributed by atoms with E-state index in [1.54, 1.807) is 6.07 Å². The van der Waals surface area contributed by atoms with Crippen molar-refractivity contribution in [3.05, 3.63) is 24.3 Å². The zero-order valence-electron chi connectivity index (χ0n) is 16.8. The van der Waals surface area contributed by atoms with Crippen LogP contribution in [0.3, 0.4) is 0 Å². The van der Waals surface area contributed by atoms with Crippen molar-refractivity contribution in [2.75, 3.05) is 44.8 Å². The molecule has 0 aliphatic carbocycles. The van der Waals surface area contributed by atoms with Crippen molar-refractivity contribution < 1.29 is 14.3 Å². The summed E-state index contributed by atoms with van der Waals surface area (Å²) in [5.74, 6) is 1.40. The Kier molecular flexibility index (Phi) is 12.5. The standard InChI is InChI=1S/C20H34N4O3/c1-4-6-13-26-14-8-11-22-20(21-5-2)23-12-15-27-19-10-7-9-18(16-19)24-17(3)25/h7,9-10,16H,4-6,8,11-15H2,1-3H3,(H,24,25)(H2,21,22,23). The van der Waals surface area contributed by atoms with Crippen molar-refractivity contribution >= 4 is 17.6 Å². The largest absolute Gasteiger partial charge is 0.492 e. The quantitative estimate of drug-likeness (QED) is 0.279. The van der Waals surface area contributed by atoms with Gasteiger partial charge in [0.1, 0.15) is 12.4 Å². The average molecular weight is 379 g/mol. The van der Waals surface area contributed by atoms with Crippen LogP contribution in [0.5, 0.6) is 5.75 Å². The number of anilines is 1. The van der Waals surface area contributed by atoms with Gasteiger partial charge in [0.15, 0.2) is 5.96 Å². The van der Waals surface area contributed by atoms with Gasteiger partial charge in [-0.1, -0.05) is 19.4 Å². The molecule has 0 aliphatic heterocycles. The van der Waals surface area contributed by atoms with E-state index in [9.17, 15) is 4.79 Å². The number of nitrogens with one attached hydrogen (secondary N) is 3. The number of ether oxygens (including phenoxy) is 2. The summed E-state index contributed by atoms with van der Waals surface area (Å²) in [7, 11) is 0. The van der Waals surface area contributed by atoms with Gasteiger partial charge in [-0.05, 0) is 31.9 Å². The second kappa shape index (κ2) is 14.8. The molecule has 0 saturated carbocycles. The van der Waals surface area contributed by atoms with Crippen LogP contribution >= 0.6 is 0 Å². The van der Waals surface area contributed by atoms with E-state index in [4.69, 9.17) is 9.47 Å². The third kappa shape index (κ3) is 11.9. The maximum atomic E-state index is 11.1. The Morgan fingerprint density at radius 2 is 1.93 bits per heavy atom. The lowest BCUT2D eigenvalue weighted by Gasteiger charge is -2.12. The van der Waals surface area contributed by atoms with Crippen molar-refractivity contribution in [3.8, 4) is 5.75 Å². The number of hydrogen-bond acceptors (Lipinski definition) is 4. The Hall–Kier alpha value is -2.28. The monoisotopic (exact) mass is 378 g/mol. The molecule has 0 unspecified atom stereocenters. The maximum absolute atomic E-state index is 11.1. The highest BCUT2D eigenvalue weighted by Gasteiger charge is 2.00. The fraction of sp³-hybridized carbons (Fsp3) is 0.600. The number of carbonyl (C=O) groups excluding carboxylic acids is 1. The molecule has 1 rings (SSSR count). The minimum absolute atomic E-state index is 0.101. The number of benzene rings is 1. The predicted molar refractivity (Wildman–Crippen MR) is 111 cm³/mol. The Balaban J connectivity index is 2.27. The lowest BCUT2D eigenvalue weighted by Crippen LogP contribution is -2.39. The molecule has 0 aliphatic rings. The fourth-order valence-electron chi connectivity index (χ4n) is 2.25. The first-order valence-electron chi connectivity index (χ1n) is 9.76. The van der Waals surface area contributed by atoms with Crippen LogP contribution in [0.2, 0.25) is 0 Å². The summed E-state index contributed by atoms with van der Waals surface area (Å²) in [5, 5.41) is 9.21. The highest BCUT2D eigenvalue weighted by Crippen LogP contribution is 2.16. The molecule has 7 heteroatoms. The summed E-state index contributed by atoms with van der Waals surface area (Å²) < 4.78 is 11.3. The minimum Gasteiger partial charge on any atom is -0.492 e. The van der Waals surface area contributed by atoms with E-state index in [1.165, 1.54) is 6.92 Å². The first-order chi connectivity index (χ1) is 13.2. The van der Waals surface area contributed by atoms with Crippen molar-refractivity contribution in [2.45, 2.75) is 40.0 Å². The fourth-order valence-corrected chi connectivity index (χ4v) is 2.25. The molecule has 27 heavy (non-hydrogen) atoms. The first-order valence-corrected chi connectivity index (χ1v) is 9.76. The van der Waals surface area contributed by atoms with Crippen LogP contribution in [-0.2, 0) is 9.53 Å². The summed E-state index contributed by atoms with van der Waals surface area (Å²) in [4.78, 5) is 15.6. The lowest BCUT2D eigenvalue weighted by molar-refractivity contribution is -0.114. The van der Waals surface area contributed by atoms with Crippen molar-refractivity contribution in [1.82, 2.24) is 10.6 Å². The second-order valence-corrected chi connectivity index (χ2v) is 6.06. The Bertz CT molecular complexity index is 564. The van der Waals surface area contributed by atoms with E-state index in [0.717, 1.165) is 57.2 Å². The maximum Gasteiger partial charge on any atom is 0.221 e. The number of guanidine groups is 1. The van der Waals surface area contributed by atoms with E-state index >= 15 is 0 Å². The van der Waals surface area contributed by atoms with Crippen molar-refractivity contribution in [3.63, 3.8) is 0 Å². The molecule has 0 saturated heterocycles. The zero-order chi connectivity index (χ0) is 19.7. The Labute approximate surface area is 162 Å². The Morgan fingerprint density at radius 1 is 1.11 bits per heavy atom. The van der Waals surface area contributed by atoms with Crippen LogP contribution < -0.4 is 20.7 Å². The lowest BCUT2D eigenvalue weighted by atomic mass is 10.3. The highest BCUT2D eigenvalue weighted by molar-refractivity contribution is 5.88. The molecule has 1 aromatic carbocycles. The zero-order valence-corrected chi connectivity index (χ0v) is 16.8. The summed E-state index contributed by atoms with van der Waals surface area (Å²) in [5.41, 5.74) is 0.726. The van der Waals surface area contributed by atoms with Gasteiger partial charge in [0.05, 0.1) is 6.54 Å². The predicted octanol–water partition coefficient (Wildman–Crippen LogP) is 2.79. The van der Waals surface area contributed by atoms with Gasteiger partial charge in [-0.2, -0.15) is 0 Å². The molecule has 3 N–H and O–H groups in total. The van der Waals surface area contributed by atoms with Gasteiger partial charge >= 0.3 is 0 Å². The van der Waals surface area contributed by atoms with E-state index in [0.29, 0.717) is 18.9 Å². The SMILES string of the molecule is CCCCOCCCN=C(NCC)NCCOc1cccc(NC(C)=O)c1. The van der Waals surface area contributed by atoms with Crippen LogP contribution in [-0.4, -0.2) is 51.3 Å². The molecular formula is C20H34N4O3. The summed E-state index contributed by atoms with van der Waals surface area (Å²) >= 11 is 0. The van der Waals surface area contributed by atoms with Gasteiger partial charge in [0.2, 0.25) is 5.91 Å². The normalized spacial score (nSPS) is 11.1. The van der Waals surface area contributed by atoms with Crippen LogP contribution in [0.4, 0.5) is 5.69 Å². The van der Waals surface area contributed by atoms with Gasteiger partial charge < -0.3 is 25.4 Å². The van der Waals surface area contributed by atoms with Gasteiger partial charge in [0, 0.05) is 45.0 Å². The molecule has 0 spiro atoms. The second-order valence-electron chi connectivity index (χ2n) is 6.06. The van der Waals surface area contributed by atoms with Gasteiger partial charge in [-0.25, -0.2) is 0 Å². The molecule has 0 aromatic heterocycles. The first kappa shape index (κ1) is 22.8. The molecule has 152 valence electrons. The van der Waals surface area contributed by atoms with Gasteiger partial charge in [-0.3, -0.25) is 9.79 Å². The van der Waals surface area contributed by atoms with E-state index in [-0.39, 0.29) is 5.91 Å². The molecule has 0 bridgehead atoms. The van der Waals surface area contributed by atoms with E-state index in [1.807, 2.05) is 25.1 Å².